The number of hydrogen-bond donors (Lipinski definition) is 0. The van der Waals surface area contributed by atoms with E-state index < -0.39 is 23.9 Å². The van der Waals surface area contributed by atoms with Gasteiger partial charge in [-0.3, -0.25) is 4.99 Å². The Labute approximate surface area is 148 Å². The van der Waals surface area contributed by atoms with Crippen molar-refractivity contribution in [2.45, 2.75) is 77.9 Å². The molecule has 1 saturated heterocycles. The van der Waals surface area contributed by atoms with E-state index in [1.165, 1.54) is 0 Å². The highest BCUT2D eigenvalue weighted by atomic mass is 16.7. The molecule has 0 spiro atoms. The van der Waals surface area contributed by atoms with Gasteiger partial charge in [-0.2, -0.15) is 5.10 Å². The van der Waals surface area contributed by atoms with Crippen molar-refractivity contribution in [3.8, 4) is 0 Å². The molecule has 3 rings (SSSR count). The lowest BCUT2D eigenvalue weighted by Gasteiger charge is -2.32. The normalized spacial score (nSPS) is 24.7. The summed E-state index contributed by atoms with van der Waals surface area (Å²) in [5, 5.41) is 4.34. The lowest BCUT2D eigenvalue weighted by atomic mass is 9.82. The molecule has 1 fully saturated rings. The molecule has 25 heavy (non-hydrogen) atoms. The Morgan fingerprint density at radius 1 is 1.28 bits per heavy atom. The van der Waals surface area contributed by atoms with Crippen LogP contribution < -0.4 is 5.46 Å². The summed E-state index contributed by atoms with van der Waals surface area (Å²) in [6, 6.07) is 0. The van der Waals surface area contributed by atoms with Crippen LogP contribution in [0.15, 0.2) is 17.4 Å². The van der Waals surface area contributed by atoms with Crippen molar-refractivity contribution in [2.24, 2.45) is 4.99 Å². The van der Waals surface area contributed by atoms with Crippen LogP contribution in [0, 0.1) is 0 Å². The van der Waals surface area contributed by atoms with Gasteiger partial charge in [0.15, 0.2) is 0 Å². The van der Waals surface area contributed by atoms with Crippen molar-refractivity contribution < 1.29 is 18.8 Å². The summed E-state index contributed by atoms with van der Waals surface area (Å²) in [6.07, 6.45) is 3.92. The largest absolute Gasteiger partial charge is 0.498 e. The summed E-state index contributed by atoms with van der Waals surface area (Å²) in [5.41, 5.74) is 0.00353. The summed E-state index contributed by atoms with van der Waals surface area (Å²) in [4.78, 5) is 16.3. The molecule has 0 bridgehead atoms. The van der Waals surface area contributed by atoms with Gasteiger partial charge >= 0.3 is 13.1 Å². The fourth-order valence-corrected chi connectivity index (χ4v) is 2.58. The van der Waals surface area contributed by atoms with Gasteiger partial charge in [-0.05, 0) is 48.5 Å². The Balaban J connectivity index is 1.66. The first-order valence-electron chi connectivity index (χ1n) is 8.58. The molecule has 7 nitrogen and oxygen atoms in total. The minimum absolute atomic E-state index is 0.182. The minimum atomic E-state index is -0.514. The lowest BCUT2D eigenvalue weighted by Crippen LogP contribution is -2.41. The van der Waals surface area contributed by atoms with Gasteiger partial charge in [0.05, 0.1) is 11.2 Å². The molecule has 1 aromatic heterocycles. The van der Waals surface area contributed by atoms with Gasteiger partial charge in [0.2, 0.25) is 0 Å². The van der Waals surface area contributed by atoms with E-state index in [4.69, 9.17) is 14.0 Å². The molecule has 2 aliphatic heterocycles. The molecule has 0 aromatic carbocycles. The zero-order chi connectivity index (χ0) is 18.6. The first kappa shape index (κ1) is 18.1. The SMILES string of the molecule is CC(C)(C)OC(=O)C1=NC(n2cc(B3OC(C)(C)C(C)(C)O3)cn2)C1. The van der Waals surface area contributed by atoms with Crippen LogP contribution >= 0.6 is 0 Å². The molecule has 0 aliphatic carbocycles. The van der Waals surface area contributed by atoms with E-state index >= 15 is 0 Å². The smallest absolute Gasteiger partial charge is 0.455 e. The number of aromatic nitrogens is 2. The van der Waals surface area contributed by atoms with E-state index in [1.54, 1.807) is 10.9 Å². The summed E-state index contributed by atoms with van der Waals surface area (Å²) in [6.45, 7) is 13.6. The quantitative estimate of drug-likeness (QED) is 0.616. The Bertz CT molecular complexity index is 702. The zero-order valence-corrected chi connectivity index (χ0v) is 16.0. The Morgan fingerprint density at radius 2 is 1.84 bits per heavy atom. The number of aliphatic imine (C=N–C) groups is 1. The molecule has 8 heteroatoms. The second-order valence-corrected chi connectivity index (χ2v) is 8.60. The number of carbonyl (C=O) groups excluding carboxylic acids is 1. The lowest BCUT2D eigenvalue weighted by molar-refractivity contribution is -0.146. The average Bonchev–Trinajstić information content (AvgIpc) is 2.89. The van der Waals surface area contributed by atoms with Gasteiger partial charge in [-0.15, -0.1) is 0 Å². The van der Waals surface area contributed by atoms with Crippen molar-refractivity contribution in [1.29, 1.82) is 0 Å². The fourth-order valence-electron chi connectivity index (χ4n) is 2.58. The first-order chi connectivity index (χ1) is 11.4. The first-order valence-corrected chi connectivity index (χ1v) is 8.58. The fraction of sp³-hybridized carbons (Fsp3) is 0.706. The van der Waals surface area contributed by atoms with Crippen molar-refractivity contribution in [1.82, 2.24) is 9.78 Å². The van der Waals surface area contributed by atoms with E-state index in [2.05, 4.69) is 10.1 Å². The monoisotopic (exact) mass is 347 g/mol. The zero-order valence-electron chi connectivity index (χ0n) is 16.0. The minimum Gasteiger partial charge on any atom is -0.455 e. The molecule has 0 N–H and O–H groups in total. The number of esters is 1. The molecule has 1 atom stereocenters. The predicted octanol–water partition coefficient (Wildman–Crippen LogP) is 1.87. The molecule has 136 valence electrons. The van der Waals surface area contributed by atoms with Crippen LogP contribution in [0.25, 0.3) is 0 Å². The maximum Gasteiger partial charge on any atom is 0.498 e. The predicted molar refractivity (Wildman–Crippen MR) is 94.9 cm³/mol. The van der Waals surface area contributed by atoms with E-state index in [0.717, 1.165) is 5.46 Å². The highest BCUT2D eigenvalue weighted by Gasteiger charge is 2.52. The third kappa shape index (κ3) is 3.50. The molecule has 0 radical (unpaired) electrons. The molecule has 2 aliphatic rings. The summed E-state index contributed by atoms with van der Waals surface area (Å²) >= 11 is 0. The standard InChI is InChI=1S/C17H26BN3O4/c1-15(2,3)23-14(22)12-8-13(20-12)21-10-11(9-19-21)18-24-16(4,5)17(6,7)25-18/h9-10,13H,8H2,1-7H3. The van der Waals surface area contributed by atoms with Crippen LogP contribution in [0.1, 0.15) is 61.1 Å². The van der Waals surface area contributed by atoms with Crippen molar-refractivity contribution in [3.05, 3.63) is 12.4 Å². The van der Waals surface area contributed by atoms with E-state index in [-0.39, 0.29) is 12.1 Å². The highest BCUT2D eigenvalue weighted by molar-refractivity contribution is 6.62. The van der Waals surface area contributed by atoms with Crippen LogP contribution in [0.5, 0.6) is 0 Å². The van der Waals surface area contributed by atoms with Crippen molar-refractivity contribution in [2.75, 3.05) is 0 Å². The molecular formula is C17H26BN3O4. The highest BCUT2D eigenvalue weighted by Crippen LogP contribution is 2.36. The molecule has 3 heterocycles. The average molecular weight is 347 g/mol. The second kappa shape index (κ2) is 5.67. The number of hydrogen-bond acceptors (Lipinski definition) is 6. The summed E-state index contributed by atoms with van der Waals surface area (Å²) in [7, 11) is -0.451. The van der Waals surface area contributed by atoms with Crippen LogP contribution in [-0.4, -0.2) is 45.4 Å². The molecular weight excluding hydrogens is 321 g/mol. The summed E-state index contributed by atoms with van der Waals surface area (Å²) < 4.78 is 19.1. The number of ether oxygens (including phenoxy) is 1. The van der Waals surface area contributed by atoms with Gasteiger partial charge in [-0.25, -0.2) is 9.48 Å². The Kier molecular flexibility index (Phi) is 4.11. The van der Waals surface area contributed by atoms with E-state index in [0.29, 0.717) is 12.1 Å². The third-order valence-electron chi connectivity index (χ3n) is 4.77. The maximum atomic E-state index is 12.0. The van der Waals surface area contributed by atoms with E-state index in [9.17, 15) is 4.79 Å². The van der Waals surface area contributed by atoms with Gasteiger partial charge in [0.1, 0.15) is 17.5 Å². The number of rotatable bonds is 3. The molecule has 1 unspecified atom stereocenters. The summed E-state index contributed by atoms with van der Waals surface area (Å²) in [5.74, 6) is -0.359. The number of nitrogens with zero attached hydrogens (tertiary/aromatic N) is 3. The Morgan fingerprint density at radius 3 is 2.36 bits per heavy atom. The van der Waals surface area contributed by atoms with Crippen molar-refractivity contribution >= 4 is 24.3 Å². The molecule has 1 aromatic rings. The van der Waals surface area contributed by atoms with Crippen LogP contribution in [-0.2, 0) is 18.8 Å². The maximum absolute atomic E-state index is 12.0. The topological polar surface area (TPSA) is 74.9 Å². The van der Waals surface area contributed by atoms with Crippen LogP contribution in [0.2, 0.25) is 0 Å². The molecule has 0 saturated carbocycles. The second-order valence-electron chi connectivity index (χ2n) is 8.60. The van der Waals surface area contributed by atoms with E-state index in [1.807, 2.05) is 54.7 Å². The Hall–Kier alpha value is -1.67. The van der Waals surface area contributed by atoms with Crippen LogP contribution in [0.4, 0.5) is 0 Å². The van der Waals surface area contributed by atoms with Gasteiger partial charge in [-0.1, -0.05) is 0 Å². The third-order valence-corrected chi connectivity index (χ3v) is 4.77. The number of carbonyl (C=O) groups is 1. The van der Waals surface area contributed by atoms with Gasteiger partial charge in [0.25, 0.3) is 0 Å². The van der Waals surface area contributed by atoms with Gasteiger partial charge < -0.3 is 14.0 Å². The van der Waals surface area contributed by atoms with Crippen LogP contribution in [0.3, 0.4) is 0 Å². The van der Waals surface area contributed by atoms with Crippen molar-refractivity contribution in [3.63, 3.8) is 0 Å². The van der Waals surface area contributed by atoms with Gasteiger partial charge in [0, 0.05) is 24.3 Å². The molecule has 0 amide bonds.